The average Bonchev–Trinajstić information content (AvgIpc) is 2.54. The Hall–Kier alpha value is -1.21. The van der Waals surface area contributed by atoms with Gasteiger partial charge in [0.1, 0.15) is 0 Å². The molecule has 0 aliphatic carbocycles. The monoisotopic (exact) mass is 359 g/mol. The summed E-state index contributed by atoms with van der Waals surface area (Å²) >= 11 is 6.01. The summed E-state index contributed by atoms with van der Waals surface area (Å²) in [5.74, 6) is -1.69. The number of hydrogen-bond donors (Lipinski definition) is 4. The fraction of sp³-hybridized carbons (Fsp3) is 0.647. The van der Waals surface area contributed by atoms with Gasteiger partial charge in [-0.3, -0.25) is 9.78 Å². The molecule has 3 unspecified atom stereocenters. The van der Waals surface area contributed by atoms with Gasteiger partial charge in [-0.15, -0.1) is 0 Å². The van der Waals surface area contributed by atoms with E-state index in [1.54, 1.807) is 18.3 Å². The lowest BCUT2D eigenvalue weighted by Crippen LogP contribution is -2.21. The first-order valence-electron chi connectivity index (χ1n) is 8.18. The van der Waals surface area contributed by atoms with Crippen LogP contribution in [0.2, 0.25) is 5.02 Å². The van der Waals surface area contributed by atoms with Gasteiger partial charge in [-0.05, 0) is 50.2 Å². The van der Waals surface area contributed by atoms with Gasteiger partial charge >= 0.3 is 5.97 Å². The van der Waals surface area contributed by atoms with E-state index in [4.69, 9.17) is 16.7 Å². The summed E-state index contributed by atoms with van der Waals surface area (Å²) in [4.78, 5) is 15.6. The molecule has 0 saturated carbocycles. The molecule has 0 aliphatic heterocycles. The van der Waals surface area contributed by atoms with Gasteiger partial charge in [0.2, 0.25) is 0 Å². The number of carboxylic acid groups (broad SMARTS) is 1. The van der Waals surface area contributed by atoms with E-state index in [0.717, 1.165) is 5.69 Å². The first kappa shape index (κ1) is 20.8. The minimum atomic E-state index is -0.938. The number of rotatable bonds is 12. The highest BCUT2D eigenvalue weighted by Crippen LogP contribution is 2.32. The topological polar surface area (TPSA) is 111 Å². The van der Waals surface area contributed by atoms with E-state index in [2.05, 4.69) is 4.98 Å². The number of aliphatic carboxylic acids is 1. The molecule has 24 heavy (non-hydrogen) atoms. The molecule has 0 aromatic carbocycles. The average molecular weight is 360 g/mol. The predicted molar refractivity (Wildman–Crippen MR) is 90.9 cm³/mol. The van der Waals surface area contributed by atoms with E-state index in [9.17, 15) is 20.1 Å². The molecule has 3 atom stereocenters. The van der Waals surface area contributed by atoms with Crippen molar-refractivity contribution in [2.75, 3.05) is 19.8 Å². The zero-order valence-electron chi connectivity index (χ0n) is 13.6. The van der Waals surface area contributed by atoms with Crippen molar-refractivity contribution >= 4 is 17.6 Å². The summed E-state index contributed by atoms with van der Waals surface area (Å²) in [6.07, 6.45) is 3.74. The molecule has 1 aromatic rings. The van der Waals surface area contributed by atoms with Crippen molar-refractivity contribution in [1.29, 1.82) is 0 Å². The van der Waals surface area contributed by atoms with Crippen molar-refractivity contribution < 1.29 is 25.2 Å². The molecular formula is C17H26ClNO5. The summed E-state index contributed by atoms with van der Waals surface area (Å²) < 4.78 is 0. The minimum Gasteiger partial charge on any atom is -0.481 e. The summed E-state index contributed by atoms with van der Waals surface area (Å²) in [5.41, 5.74) is 0.758. The number of carbonyl (C=O) groups is 1. The summed E-state index contributed by atoms with van der Waals surface area (Å²) in [5, 5.41) is 37.5. The standard InChI is InChI=1S/C17H26ClNO5/c18-15-1-5-19-16(11-15)13(3-7-21)9-12(2-6-20)10-14(4-8-22)17(23)24/h1,5,11-14,20-22H,2-4,6-10H2,(H,23,24). The van der Waals surface area contributed by atoms with E-state index >= 15 is 0 Å². The van der Waals surface area contributed by atoms with Crippen LogP contribution in [-0.2, 0) is 4.79 Å². The molecule has 1 heterocycles. The number of halogens is 1. The van der Waals surface area contributed by atoms with Crippen LogP contribution < -0.4 is 0 Å². The summed E-state index contributed by atoms with van der Waals surface area (Å²) in [6, 6.07) is 3.42. The number of hydrogen-bond acceptors (Lipinski definition) is 5. The Balaban J connectivity index is 2.86. The highest BCUT2D eigenvalue weighted by Gasteiger charge is 2.25. The molecule has 136 valence electrons. The number of aromatic nitrogens is 1. The van der Waals surface area contributed by atoms with Crippen molar-refractivity contribution in [3.05, 3.63) is 29.0 Å². The van der Waals surface area contributed by atoms with Gasteiger partial charge in [-0.2, -0.15) is 0 Å². The molecule has 0 fully saturated rings. The zero-order valence-corrected chi connectivity index (χ0v) is 14.4. The number of carboxylic acids is 1. The lowest BCUT2D eigenvalue weighted by atomic mass is 9.82. The lowest BCUT2D eigenvalue weighted by Gasteiger charge is -2.25. The fourth-order valence-electron chi connectivity index (χ4n) is 3.00. The lowest BCUT2D eigenvalue weighted by molar-refractivity contribution is -0.143. The van der Waals surface area contributed by atoms with Gasteiger partial charge in [0.05, 0.1) is 5.92 Å². The zero-order chi connectivity index (χ0) is 17.9. The van der Waals surface area contributed by atoms with Crippen molar-refractivity contribution in [2.24, 2.45) is 11.8 Å². The maximum atomic E-state index is 11.3. The second kappa shape index (κ2) is 11.4. The number of aliphatic hydroxyl groups excluding tert-OH is 3. The highest BCUT2D eigenvalue weighted by atomic mass is 35.5. The normalized spacial score (nSPS) is 15.0. The smallest absolute Gasteiger partial charge is 0.306 e. The Morgan fingerprint density at radius 3 is 2.29 bits per heavy atom. The van der Waals surface area contributed by atoms with Crippen molar-refractivity contribution in [2.45, 2.75) is 38.0 Å². The van der Waals surface area contributed by atoms with Crippen LogP contribution in [0.15, 0.2) is 18.3 Å². The van der Waals surface area contributed by atoms with Crippen LogP contribution in [0.3, 0.4) is 0 Å². The summed E-state index contributed by atoms with van der Waals surface area (Å²) in [6.45, 7) is -0.229. The third kappa shape index (κ3) is 7.13. The maximum absolute atomic E-state index is 11.3. The maximum Gasteiger partial charge on any atom is 0.306 e. The molecule has 0 spiro atoms. The van der Waals surface area contributed by atoms with Crippen LogP contribution >= 0.6 is 11.6 Å². The van der Waals surface area contributed by atoms with Crippen molar-refractivity contribution in [3.8, 4) is 0 Å². The number of pyridine rings is 1. The van der Waals surface area contributed by atoms with Gasteiger partial charge in [0.15, 0.2) is 0 Å². The fourth-order valence-corrected chi connectivity index (χ4v) is 3.17. The largest absolute Gasteiger partial charge is 0.481 e. The molecule has 6 nitrogen and oxygen atoms in total. The van der Waals surface area contributed by atoms with E-state index in [-0.39, 0.29) is 38.1 Å². The van der Waals surface area contributed by atoms with E-state index in [1.165, 1.54) is 0 Å². The Morgan fingerprint density at radius 2 is 1.75 bits per heavy atom. The third-order valence-corrected chi connectivity index (χ3v) is 4.47. The predicted octanol–water partition coefficient (Wildman–Crippen LogP) is 2.06. The highest BCUT2D eigenvalue weighted by molar-refractivity contribution is 6.30. The van der Waals surface area contributed by atoms with Crippen molar-refractivity contribution in [1.82, 2.24) is 4.98 Å². The van der Waals surface area contributed by atoms with E-state index in [0.29, 0.717) is 30.7 Å². The molecule has 0 saturated heterocycles. The van der Waals surface area contributed by atoms with Crippen LogP contribution in [0.5, 0.6) is 0 Å². The van der Waals surface area contributed by atoms with Gasteiger partial charge in [0, 0.05) is 42.7 Å². The molecule has 1 aromatic heterocycles. The van der Waals surface area contributed by atoms with Gasteiger partial charge in [0.25, 0.3) is 0 Å². The Morgan fingerprint density at radius 1 is 1.08 bits per heavy atom. The number of nitrogens with zero attached hydrogens (tertiary/aromatic N) is 1. The van der Waals surface area contributed by atoms with Gasteiger partial charge in [-0.25, -0.2) is 0 Å². The van der Waals surface area contributed by atoms with Crippen LogP contribution in [-0.4, -0.2) is 51.2 Å². The van der Waals surface area contributed by atoms with E-state index < -0.39 is 11.9 Å². The molecule has 0 bridgehead atoms. The van der Waals surface area contributed by atoms with Crippen molar-refractivity contribution in [3.63, 3.8) is 0 Å². The first-order chi connectivity index (χ1) is 11.5. The second-order valence-electron chi connectivity index (χ2n) is 6.01. The second-order valence-corrected chi connectivity index (χ2v) is 6.44. The van der Waals surface area contributed by atoms with Crippen LogP contribution in [0.1, 0.15) is 43.7 Å². The Kier molecular flexibility index (Phi) is 9.86. The third-order valence-electron chi connectivity index (χ3n) is 4.24. The molecule has 0 radical (unpaired) electrons. The van der Waals surface area contributed by atoms with Crippen LogP contribution in [0.25, 0.3) is 0 Å². The molecule has 1 rings (SSSR count). The summed E-state index contributed by atoms with van der Waals surface area (Å²) in [7, 11) is 0. The van der Waals surface area contributed by atoms with E-state index in [1.807, 2.05) is 0 Å². The van der Waals surface area contributed by atoms with Gasteiger partial charge < -0.3 is 20.4 Å². The molecular weight excluding hydrogens is 334 g/mol. The van der Waals surface area contributed by atoms with Crippen LogP contribution in [0, 0.1) is 11.8 Å². The Bertz CT molecular complexity index is 500. The molecule has 7 heteroatoms. The quantitative estimate of drug-likeness (QED) is 0.454. The Labute approximate surface area is 147 Å². The molecule has 4 N–H and O–H groups in total. The van der Waals surface area contributed by atoms with Gasteiger partial charge in [-0.1, -0.05) is 11.6 Å². The number of aliphatic hydroxyl groups is 3. The minimum absolute atomic E-state index is 0.0102. The molecule has 0 amide bonds. The molecule has 0 aliphatic rings. The first-order valence-corrected chi connectivity index (χ1v) is 8.56. The SMILES string of the molecule is O=C(O)C(CCO)CC(CCO)CC(CCO)c1cc(Cl)ccn1. The van der Waals surface area contributed by atoms with Crippen LogP contribution in [0.4, 0.5) is 0 Å².